The molecule has 2 nitrogen and oxygen atoms in total. The molecule has 2 saturated carbocycles. The van der Waals surface area contributed by atoms with Gasteiger partial charge >= 0.3 is 0 Å². The topological polar surface area (TPSA) is 29.1 Å². The Morgan fingerprint density at radius 3 is 2.75 bits per heavy atom. The monoisotopic (exact) mass is 333 g/mol. The third-order valence-corrected chi connectivity index (χ3v) is 6.03. The Labute approximate surface area is 128 Å². The molecule has 2 fully saturated rings. The minimum Gasteiger partial charge on any atom is -0.353 e. The van der Waals surface area contributed by atoms with Crippen molar-refractivity contribution >= 4 is 21.8 Å². The number of rotatable bonds is 2. The molecular formula is C17H20BrNO. The van der Waals surface area contributed by atoms with Crippen molar-refractivity contribution in [1.29, 1.82) is 0 Å². The summed E-state index contributed by atoms with van der Waals surface area (Å²) >= 11 is 3.51. The summed E-state index contributed by atoms with van der Waals surface area (Å²) in [6.07, 6.45) is 7.11. The van der Waals surface area contributed by atoms with Gasteiger partial charge in [-0.2, -0.15) is 0 Å². The number of carbonyl (C=O) groups is 1. The highest BCUT2D eigenvalue weighted by atomic mass is 79.9. The second-order valence-corrected chi connectivity index (χ2v) is 7.72. The highest BCUT2D eigenvalue weighted by Crippen LogP contribution is 2.44. The van der Waals surface area contributed by atoms with Crippen LogP contribution in [-0.4, -0.2) is 11.9 Å². The zero-order chi connectivity index (χ0) is 13.7. The fourth-order valence-corrected chi connectivity index (χ4v) is 4.90. The molecule has 3 aliphatic carbocycles. The molecule has 0 heterocycles. The zero-order valence-electron chi connectivity index (χ0n) is 11.6. The molecule has 1 aromatic rings. The van der Waals surface area contributed by atoms with Crippen LogP contribution in [-0.2, 0) is 17.6 Å². The van der Waals surface area contributed by atoms with Crippen molar-refractivity contribution < 1.29 is 4.79 Å². The standard InChI is InChI=1S/C17H20BrNO/c18-15-4-3-11-7-14(8-13(11)9-15)17(20)19-16-6-10-1-2-12(16)5-10/h3-4,9-10,12,14,16H,1-2,5-8H2,(H,19,20)/t10-,12+,14-,16-/m1/s1. The molecule has 4 atom stereocenters. The van der Waals surface area contributed by atoms with Crippen LogP contribution in [0.2, 0.25) is 0 Å². The first-order chi connectivity index (χ1) is 9.69. The quantitative estimate of drug-likeness (QED) is 0.882. The van der Waals surface area contributed by atoms with Gasteiger partial charge in [0.15, 0.2) is 0 Å². The average molecular weight is 334 g/mol. The van der Waals surface area contributed by atoms with E-state index >= 15 is 0 Å². The van der Waals surface area contributed by atoms with Gasteiger partial charge in [-0.1, -0.05) is 28.4 Å². The molecule has 20 heavy (non-hydrogen) atoms. The minimum atomic E-state index is 0.151. The van der Waals surface area contributed by atoms with Crippen LogP contribution >= 0.6 is 15.9 Å². The lowest BCUT2D eigenvalue weighted by atomic mass is 9.94. The van der Waals surface area contributed by atoms with Gasteiger partial charge in [-0.15, -0.1) is 0 Å². The van der Waals surface area contributed by atoms with Crippen LogP contribution in [0.5, 0.6) is 0 Å². The molecule has 4 rings (SSSR count). The molecular weight excluding hydrogens is 314 g/mol. The van der Waals surface area contributed by atoms with Gasteiger partial charge in [0.25, 0.3) is 0 Å². The smallest absolute Gasteiger partial charge is 0.224 e. The van der Waals surface area contributed by atoms with E-state index in [9.17, 15) is 4.79 Å². The molecule has 0 aliphatic heterocycles. The van der Waals surface area contributed by atoms with Crippen LogP contribution < -0.4 is 5.32 Å². The molecule has 0 spiro atoms. The predicted octanol–water partition coefficient (Wildman–Crippen LogP) is 3.47. The maximum absolute atomic E-state index is 12.5. The van der Waals surface area contributed by atoms with Gasteiger partial charge in [-0.05, 0) is 67.2 Å². The number of nitrogens with one attached hydrogen (secondary N) is 1. The van der Waals surface area contributed by atoms with Crippen molar-refractivity contribution in [3.8, 4) is 0 Å². The maximum atomic E-state index is 12.5. The maximum Gasteiger partial charge on any atom is 0.224 e. The third-order valence-electron chi connectivity index (χ3n) is 5.54. The van der Waals surface area contributed by atoms with Gasteiger partial charge in [0, 0.05) is 16.4 Å². The summed E-state index contributed by atoms with van der Waals surface area (Å²) in [5, 5.41) is 3.35. The van der Waals surface area contributed by atoms with Gasteiger partial charge in [-0.3, -0.25) is 4.79 Å². The highest BCUT2D eigenvalue weighted by molar-refractivity contribution is 9.10. The summed E-state index contributed by atoms with van der Waals surface area (Å²) in [6.45, 7) is 0. The number of carbonyl (C=O) groups excluding carboxylic acids is 1. The summed E-state index contributed by atoms with van der Waals surface area (Å²) < 4.78 is 1.12. The molecule has 1 N–H and O–H groups in total. The van der Waals surface area contributed by atoms with Gasteiger partial charge in [0.2, 0.25) is 5.91 Å². The molecule has 1 aromatic carbocycles. The van der Waals surface area contributed by atoms with E-state index in [0.29, 0.717) is 6.04 Å². The van der Waals surface area contributed by atoms with Crippen LogP contribution in [0.1, 0.15) is 36.8 Å². The van der Waals surface area contributed by atoms with E-state index in [2.05, 4.69) is 39.4 Å². The van der Waals surface area contributed by atoms with E-state index in [-0.39, 0.29) is 11.8 Å². The lowest BCUT2D eigenvalue weighted by molar-refractivity contribution is -0.125. The third kappa shape index (κ3) is 2.20. The normalized spacial score (nSPS) is 34.2. The van der Waals surface area contributed by atoms with E-state index < -0.39 is 0 Å². The fourth-order valence-electron chi connectivity index (χ4n) is 4.49. The van der Waals surface area contributed by atoms with Crippen LogP contribution in [0.25, 0.3) is 0 Å². The number of fused-ring (bicyclic) bond motifs is 3. The van der Waals surface area contributed by atoms with Gasteiger partial charge in [-0.25, -0.2) is 0 Å². The molecule has 0 aromatic heterocycles. The average Bonchev–Trinajstić information content (AvgIpc) is 3.11. The number of halogens is 1. The van der Waals surface area contributed by atoms with Crippen molar-refractivity contribution in [3.63, 3.8) is 0 Å². The summed E-state index contributed by atoms with van der Waals surface area (Å²) in [4.78, 5) is 12.5. The van der Waals surface area contributed by atoms with Crippen LogP contribution in [0, 0.1) is 17.8 Å². The van der Waals surface area contributed by atoms with E-state index in [1.807, 2.05) is 0 Å². The summed E-state index contributed by atoms with van der Waals surface area (Å²) in [5.74, 6) is 2.09. The molecule has 0 saturated heterocycles. The first-order valence-corrected chi connectivity index (χ1v) is 8.56. The van der Waals surface area contributed by atoms with Crippen LogP contribution in [0.15, 0.2) is 22.7 Å². The van der Waals surface area contributed by atoms with Gasteiger partial charge in [0.05, 0.1) is 0 Å². The SMILES string of the molecule is O=C(N[C@@H]1C[C@@H]2CC[C@H]1C2)[C@@H]1Cc2ccc(Br)cc2C1. The molecule has 0 radical (unpaired) electrons. The predicted molar refractivity (Wildman–Crippen MR) is 82.4 cm³/mol. The van der Waals surface area contributed by atoms with Crippen molar-refractivity contribution in [2.45, 2.75) is 44.6 Å². The van der Waals surface area contributed by atoms with Crippen molar-refractivity contribution in [2.24, 2.45) is 17.8 Å². The fraction of sp³-hybridized carbons (Fsp3) is 0.588. The minimum absolute atomic E-state index is 0.151. The Morgan fingerprint density at radius 1 is 1.15 bits per heavy atom. The largest absolute Gasteiger partial charge is 0.353 e. The Balaban J connectivity index is 1.41. The molecule has 1 amide bonds. The Morgan fingerprint density at radius 2 is 2.00 bits per heavy atom. The van der Waals surface area contributed by atoms with E-state index in [1.165, 1.54) is 36.8 Å². The molecule has 3 heteroatoms. The van der Waals surface area contributed by atoms with Gasteiger partial charge in [0.1, 0.15) is 0 Å². The molecule has 106 valence electrons. The number of benzene rings is 1. The second kappa shape index (κ2) is 4.87. The Hall–Kier alpha value is -0.830. The van der Waals surface area contributed by atoms with Crippen LogP contribution in [0.4, 0.5) is 0 Å². The summed E-state index contributed by atoms with van der Waals surface area (Å²) in [5.41, 5.74) is 2.69. The van der Waals surface area contributed by atoms with E-state index in [0.717, 1.165) is 29.2 Å². The Bertz CT molecular complexity index is 556. The van der Waals surface area contributed by atoms with Crippen molar-refractivity contribution in [2.75, 3.05) is 0 Å². The first-order valence-electron chi connectivity index (χ1n) is 7.76. The number of amides is 1. The van der Waals surface area contributed by atoms with E-state index in [1.54, 1.807) is 0 Å². The number of hydrogen-bond acceptors (Lipinski definition) is 1. The molecule has 3 aliphatic rings. The van der Waals surface area contributed by atoms with E-state index in [4.69, 9.17) is 0 Å². The van der Waals surface area contributed by atoms with Crippen molar-refractivity contribution in [3.05, 3.63) is 33.8 Å². The summed E-state index contributed by atoms with van der Waals surface area (Å²) in [6, 6.07) is 6.87. The second-order valence-electron chi connectivity index (χ2n) is 6.81. The lowest BCUT2D eigenvalue weighted by Gasteiger charge is -2.24. The molecule has 0 unspecified atom stereocenters. The summed E-state index contributed by atoms with van der Waals surface area (Å²) in [7, 11) is 0. The van der Waals surface area contributed by atoms with Crippen molar-refractivity contribution in [1.82, 2.24) is 5.32 Å². The Kier molecular flexibility index (Phi) is 3.13. The number of hydrogen-bond donors (Lipinski definition) is 1. The highest BCUT2D eigenvalue weighted by Gasteiger charge is 2.41. The molecule has 2 bridgehead atoms. The zero-order valence-corrected chi connectivity index (χ0v) is 13.2. The van der Waals surface area contributed by atoms with Crippen LogP contribution in [0.3, 0.4) is 0 Å². The van der Waals surface area contributed by atoms with Gasteiger partial charge < -0.3 is 5.32 Å². The first kappa shape index (κ1) is 12.9. The lowest BCUT2D eigenvalue weighted by Crippen LogP contribution is -2.42.